The van der Waals surface area contributed by atoms with Gasteiger partial charge >= 0.3 is 0 Å². The molecule has 0 unspecified atom stereocenters. The average molecular weight is 492 g/mol. The smallest absolute Gasteiger partial charge is 0.251 e. The van der Waals surface area contributed by atoms with Crippen molar-refractivity contribution in [2.45, 2.75) is 30.8 Å². The fourth-order valence-corrected chi connectivity index (χ4v) is 4.43. The molecule has 0 aliphatic carbocycles. The van der Waals surface area contributed by atoms with Gasteiger partial charge in [-0.15, -0.1) is 0 Å². The van der Waals surface area contributed by atoms with Gasteiger partial charge in [-0.05, 0) is 30.3 Å². The third-order valence-electron chi connectivity index (χ3n) is 6.24. The number of carbonyl (C=O) groups excluding carboxylic acids is 2. The number of para-hydroxylation sites is 1. The molecule has 0 aromatic heterocycles. The van der Waals surface area contributed by atoms with Crippen LogP contribution in [0, 0.1) is 5.82 Å². The van der Waals surface area contributed by atoms with E-state index in [-0.39, 0.29) is 29.5 Å². The van der Waals surface area contributed by atoms with E-state index in [1.54, 1.807) is 4.90 Å². The van der Waals surface area contributed by atoms with Crippen molar-refractivity contribution in [2.24, 2.45) is 0 Å². The maximum absolute atomic E-state index is 13.3. The highest BCUT2D eigenvalue weighted by molar-refractivity contribution is 6.31. The van der Waals surface area contributed by atoms with Crippen molar-refractivity contribution in [3.63, 3.8) is 0 Å². The Morgan fingerprint density at radius 2 is 1.71 bits per heavy atom. The summed E-state index contributed by atoms with van der Waals surface area (Å²) in [5.74, 6) is -1.32. The van der Waals surface area contributed by atoms with Crippen LogP contribution in [0.3, 0.4) is 0 Å². The number of amides is 2. The first kappa shape index (κ1) is 24.4. The lowest BCUT2D eigenvalue weighted by atomic mass is 10.0. The van der Waals surface area contributed by atoms with Crippen LogP contribution < -0.4 is 10.2 Å². The van der Waals surface area contributed by atoms with E-state index in [1.165, 1.54) is 12.1 Å². The Morgan fingerprint density at radius 3 is 2.38 bits per heavy atom. The number of hydrogen-bond donors (Lipinski definition) is 3. The largest absolute Gasteiger partial charge is 0.388 e. The van der Waals surface area contributed by atoms with Crippen LogP contribution >= 0.6 is 11.6 Å². The second-order valence-electron chi connectivity index (χ2n) is 8.44. The molecular weight excluding hydrogens is 465 g/mol. The Morgan fingerprint density at radius 1 is 1.03 bits per heavy atom. The van der Waals surface area contributed by atoms with Crippen molar-refractivity contribution in [1.29, 1.82) is 0 Å². The minimum absolute atomic E-state index is 0.0679. The zero-order chi connectivity index (χ0) is 24.2. The zero-order valence-corrected chi connectivity index (χ0v) is 19.2. The number of rotatable bonds is 6. The number of hydrogen-bond acceptors (Lipinski definition) is 6. The van der Waals surface area contributed by atoms with Crippen LogP contribution in [-0.4, -0.2) is 84.1 Å². The standard InChI is InChI=1S/C24H27ClFN3O5/c25-17-12-15(6-7-18(17)26)24(33)27-14-20-23(32)22(31)19(34-20)13-21(30)29-10-8-28(9-11-29)16-4-2-1-3-5-16/h1-7,12,19-20,22-23,31-32H,8-11,13-14H2,(H,27,33)/t19-,20+,22-,23+/m0/s1. The molecular formula is C24H27ClFN3O5. The number of piperazine rings is 1. The second-order valence-corrected chi connectivity index (χ2v) is 8.85. The van der Waals surface area contributed by atoms with Gasteiger partial charge in [-0.2, -0.15) is 0 Å². The Bertz CT molecular complexity index is 1020. The summed E-state index contributed by atoms with van der Waals surface area (Å²) in [4.78, 5) is 29.0. The molecule has 3 N–H and O–H groups in total. The predicted octanol–water partition coefficient (Wildman–Crippen LogP) is 1.44. The second kappa shape index (κ2) is 10.7. The van der Waals surface area contributed by atoms with Crippen molar-refractivity contribution in [3.05, 3.63) is 64.9 Å². The Balaban J connectivity index is 1.26. The quantitative estimate of drug-likeness (QED) is 0.565. The normalized spacial score (nSPS) is 24.8. The van der Waals surface area contributed by atoms with E-state index < -0.39 is 36.1 Å². The van der Waals surface area contributed by atoms with Crippen LogP contribution in [0.5, 0.6) is 0 Å². The summed E-state index contributed by atoms with van der Waals surface area (Å²) in [6.45, 7) is 2.42. The minimum atomic E-state index is -1.26. The van der Waals surface area contributed by atoms with E-state index in [9.17, 15) is 24.2 Å². The van der Waals surface area contributed by atoms with Crippen LogP contribution in [-0.2, 0) is 9.53 Å². The minimum Gasteiger partial charge on any atom is -0.388 e. The molecule has 2 fully saturated rings. The van der Waals surface area contributed by atoms with Gasteiger partial charge < -0.3 is 30.1 Å². The first-order valence-electron chi connectivity index (χ1n) is 11.2. The first-order valence-corrected chi connectivity index (χ1v) is 11.5. The van der Waals surface area contributed by atoms with Gasteiger partial charge in [-0.3, -0.25) is 9.59 Å². The summed E-state index contributed by atoms with van der Waals surface area (Å²) in [5, 5.41) is 23.1. The number of ether oxygens (including phenoxy) is 1. The molecule has 34 heavy (non-hydrogen) atoms. The first-order chi connectivity index (χ1) is 16.3. The molecule has 2 aromatic rings. The molecule has 0 radical (unpaired) electrons. The van der Waals surface area contributed by atoms with Gasteiger partial charge in [0.15, 0.2) is 0 Å². The van der Waals surface area contributed by atoms with E-state index in [1.807, 2.05) is 30.3 Å². The van der Waals surface area contributed by atoms with Crippen molar-refractivity contribution in [2.75, 3.05) is 37.6 Å². The van der Waals surface area contributed by atoms with Gasteiger partial charge in [0.2, 0.25) is 5.91 Å². The number of nitrogens with one attached hydrogen (secondary N) is 1. The van der Waals surface area contributed by atoms with Crippen LogP contribution in [0.25, 0.3) is 0 Å². The predicted molar refractivity (Wildman–Crippen MR) is 124 cm³/mol. The summed E-state index contributed by atoms with van der Waals surface area (Å²) in [6.07, 6.45) is -4.34. The maximum atomic E-state index is 13.3. The monoisotopic (exact) mass is 491 g/mol. The molecule has 2 aromatic carbocycles. The Kier molecular flexibility index (Phi) is 7.67. The summed E-state index contributed by atoms with van der Waals surface area (Å²) in [6, 6.07) is 13.6. The number of aliphatic hydroxyl groups is 2. The SMILES string of the molecule is O=C(NC[C@H]1O[C@@H](CC(=O)N2CCN(c3ccccc3)CC2)[C@H](O)[C@@H]1O)c1ccc(F)c(Cl)c1. The molecule has 10 heteroatoms. The van der Waals surface area contributed by atoms with Crippen molar-refractivity contribution in [1.82, 2.24) is 10.2 Å². The average Bonchev–Trinajstić information content (AvgIpc) is 3.12. The number of benzene rings is 2. The van der Waals surface area contributed by atoms with E-state index in [0.717, 1.165) is 11.8 Å². The van der Waals surface area contributed by atoms with E-state index in [0.29, 0.717) is 26.2 Å². The van der Waals surface area contributed by atoms with Crippen LogP contribution in [0.1, 0.15) is 16.8 Å². The van der Waals surface area contributed by atoms with Crippen LogP contribution in [0.4, 0.5) is 10.1 Å². The fraction of sp³-hybridized carbons (Fsp3) is 0.417. The van der Waals surface area contributed by atoms with Gasteiger partial charge in [0.05, 0.1) is 17.5 Å². The fourth-order valence-electron chi connectivity index (χ4n) is 4.25. The molecule has 2 aliphatic heterocycles. The molecule has 4 rings (SSSR count). The lowest BCUT2D eigenvalue weighted by molar-refractivity contribution is -0.135. The summed E-state index contributed by atoms with van der Waals surface area (Å²) >= 11 is 5.71. The molecule has 0 saturated carbocycles. The molecule has 2 saturated heterocycles. The molecule has 2 aliphatic rings. The lowest BCUT2D eigenvalue weighted by Gasteiger charge is -2.36. The van der Waals surface area contributed by atoms with Crippen molar-refractivity contribution in [3.8, 4) is 0 Å². The van der Waals surface area contributed by atoms with Crippen LogP contribution in [0.15, 0.2) is 48.5 Å². The van der Waals surface area contributed by atoms with Gasteiger partial charge in [-0.25, -0.2) is 4.39 Å². The molecule has 0 bridgehead atoms. The number of nitrogens with zero attached hydrogens (tertiary/aromatic N) is 2. The van der Waals surface area contributed by atoms with Gasteiger partial charge in [0, 0.05) is 44.0 Å². The summed E-state index contributed by atoms with van der Waals surface area (Å²) in [7, 11) is 0. The number of halogens is 2. The van der Waals surface area contributed by atoms with Crippen molar-refractivity contribution >= 4 is 29.1 Å². The van der Waals surface area contributed by atoms with E-state index in [2.05, 4.69) is 10.2 Å². The number of carbonyl (C=O) groups is 2. The van der Waals surface area contributed by atoms with Gasteiger partial charge in [-0.1, -0.05) is 29.8 Å². The molecule has 4 atom stereocenters. The number of aliphatic hydroxyl groups excluding tert-OH is 2. The van der Waals surface area contributed by atoms with Gasteiger partial charge in [0.25, 0.3) is 5.91 Å². The van der Waals surface area contributed by atoms with E-state index >= 15 is 0 Å². The van der Waals surface area contributed by atoms with E-state index in [4.69, 9.17) is 16.3 Å². The maximum Gasteiger partial charge on any atom is 0.251 e. The Hall–Kier alpha value is -2.72. The summed E-state index contributed by atoms with van der Waals surface area (Å²) in [5.41, 5.74) is 1.26. The van der Waals surface area contributed by atoms with Crippen molar-refractivity contribution < 1.29 is 28.9 Å². The highest BCUT2D eigenvalue weighted by atomic mass is 35.5. The molecule has 8 nitrogen and oxygen atoms in total. The zero-order valence-electron chi connectivity index (χ0n) is 18.4. The van der Waals surface area contributed by atoms with Gasteiger partial charge in [0.1, 0.15) is 24.1 Å². The lowest BCUT2D eigenvalue weighted by Crippen LogP contribution is -2.49. The highest BCUT2D eigenvalue weighted by Gasteiger charge is 2.44. The molecule has 0 spiro atoms. The molecule has 182 valence electrons. The summed E-state index contributed by atoms with van der Waals surface area (Å²) < 4.78 is 19.0. The highest BCUT2D eigenvalue weighted by Crippen LogP contribution is 2.25. The number of anilines is 1. The topological polar surface area (TPSA) is 102 Å². The van der Waals surface area contributed by atoms with Crippen LogP contribution in [0.2, 0.25) is 5.02 Å². The Labute approximate surface area is 201 Å². The molecule has 2 amide bonds. The third-order valence-corrected chi connectivity index (χ3v) is 6.53. The third kappa shape index (κ3) is 5.50. The molecule has 2 heterocycles.